The van der Waals surface area contributed by atoms with Crippen LogP contribution in [0.25, 0.3) is 0 Å². The molecule has 9 atom stereocenters. The lowest BCUT2D eigenvalue weighted by atomic mass is 9.82. The number of ketones is 1. The van der Waals surface area contributed by atoms with Gasteiger partial charge in [0.25, 0.3) is 11.8 Å². The first-order valence-corrected chi connectivity index (χ1v) is 42.7. The topological polar surface area (TPSA) is 382 Å². The van der Waals surface area contributed by atoms with Crippen molar-refractivity contribution < 1.29 is 86.4 Å². The molecule has 0 aromatic heterocycles. The Balaban J connectivity index is 0.000000269. The Bertz CT molecular complexity index is 4120. The van der Waals surface area contributed by atoms with Gasteiger partial charge in [-0.3, -0.25) is 52.7 Å². The van der Waals surface area contributed by atoms with E-state index in [-0.39, 0.29) is 74.2 Å². The van der Waals surface area contributed by atoms with Crippen LogP contribution in [0.5, 0.6) is 11.5 Å². The average Bonchev–Trinajstić information content (AvgIpc) is 0.783. The van der Waals surface area contributed by atoms with Crippen molar-refractivity contribution in [3.05, 3.63) is 130 Å². The zero-order chi connectivity index (χ0) is 85.1. The Morgan fingerprint density at radius 1 is 0.492 bits per heavy atom. The van der Waals surface area contributed by atoms with Crippen LogP contribution in [0.4, 0.5) is 0 Å². The summed E-state index contributed by atoms with van der Waals surface area (Å²) < 4.78 is 23.1. The number of esters is 2. The summed E-state index contributed by atoms with van der Waals surface area (Å²) in [5.41, 5.74) is 2.74. The van der Waals surface area contributed by atoms with Crippen molar-refractivity contribution >= 4 is 76.8 Å². The van der Waals surface area contributed by atoms with E-state index in [2.05, 4.69) is 42.5 Å². The van der Waals surface area contributed by atoms with Gasteiger partial charge in [0.15, 0.2) is 18.2 Å². The quantitative estimate of drug-likeness (QED) is 0.0233. The number of aliphatic hydroxyl groups excluding tert-OH is 1. The second-order valence-electron chi connectivity index (χ2n) is 34.0. The van der Waals surface area contributed by atoms with Crippen molar-refractivity contribution in [1.82, 2.24) is 52.3 Å². The average molecular weight is 1630 g/mol. The summed E-state index contributed by atoms with van der Waals surface area (Å²) in [6, 6.07) is 20.2. The first-order valence-electron chi connectivity index (χ1n) is 42.7. The van der Waals surface area contributed by atoms with Crippen molar-refractivity contribution in [3.63, 3.8) is 0 Å². The van der Waals surface area contributed by atoms with E-state index in [0.717, 1.165) is 125 Å². The van der Waals surface area contributed by atoms with E-state index in [1.807, 2.05) is 43.3 Å². The van der Waals surface area contributed by atoms with Crippen LogP contribution >= 0.6 is 0 Å². The molecule has 0 spiro atoms. The summed E-state index contributed by atoms with van der Waals surface area (Å²) in [4.78, 5) is 180. The van der Waals surface area contributed by atoms with Crippen LogP contribution in [0, 0.1) is 11.8 Å². The van der Waals surface area contributed by atoms with Crippen molar-refractivity contribution in [1.29, 1.82) is 0 Å². The van der Waals surface area contributed by atoms with Crippen molar-refractivity contribution in [3.8, 4) is 11.5 Å². The molecule has 6 aliphatic rings. The molecule has 4 aromatic carbocycles. The van der Waals surface area contributed by atoms with Gasteiger partial charge >= 0.3 is 11.9 Å². The molecule has 118 heavy (non-hydrogen) atoms. The minimum atomic E-state index is -1.74. The summed E-state index contributed by atoms with van der Waals surface area (Å²) in [6.45, 7) is 14.0. The van der Waals surface area contributed by atoms with Gasteiger partial charge in [-0.25, -0.2) is 9.59 Å². The zero-order valence-corrected chi connectivity index (χ0v) is 70.0. The summed E-state index contributed by atoms with van der Waals surface area (Å²) in [6.07, 6.45) is 16.2. The van der Waals surface area contributed by atoms with Gasteiger partial charge in [0, 0.05) is 38.8 Å². The molecule has 6 bridgehead atoms. The standard InChI is InChI=1S/C45H63N5O9.C45H61N5O9/c2*1-5-16-34(40(53)42(55)46-27-37(52)49-39(30-19-12-9-13-20-30)44(57)59-45(2,3)4)47-41(54)35-26-31-22-23-33-25-32(31)28-50(35)43(56)38(29-17-10-8-11-18-29)48-36(51)21-14-6-7-15-24-58-33/h9,12-13,19-20,22-23,25,29,34-35,38-40,53H,5-8,10-11,14-18,21,24,26-28H2,1-4H3,(H,46,55)(H,47,54)(H,48,51)(H,49,52);9,12-13,19-20,22-23,25,29,34-35,38-39H,5-8,10-11,14-18,21,24,26-28H2,1-4H3,(H,46,55)(H,47,54)(H,48,51)(H,49,52)/t34?,35-,38-,39-,40?;34?,35-,38-,39-/m00/s1. The van der Waals surface area contributed by atoms with Crippen molar-refractivity contribution in [2.75, 3.05) is 26.3 Å². The number of Topliss-reactive ketones (excluding diaryl/α,β-unsaturated/α-hetero) is 1. The van der Waals surface area contributed by atoms with Crippen LogP contribution in [0.3, 0.4) is 0 Å². The molecule has 642 valence electrons. The molecule has 0 radical (unpaired) electrons. The molecular weight excluding hydrogens is 1510 g/mol. The third-order valence-electron chi connectivity index (χ3n) is 22.3. The van der Waals surface area contributed by atoms with Gasteiger partial charge in [-0.1, -0.05) is 164 Å². The molecule has 3 unspecified atom stereocenters. The van der Waals surface area contributed by atoms with Gasteiger partial charge < -0.3 is 76.4 Å². The predicted octanol–water partition coefficient (Wildman–Crippen LogP) is 8.83. The smallest absolute Gasteiger partial charge is 0.333 e. The number of benzene rings is 4. The van der Waals surface area contributed by atoms with Gasteiger partial charge in [-0.05, 0) is 175 Å². The Kier molecular flexibility index (Phi) is 34.6. The number of carbonyl (C=O) groups is 13. The fourth-order valence-electron chi connectivity index (χ4n) is 16.2. The van der Waals surface area contributed by atoms with Gasteiger partial charge in [0.2, 0.25) is 53.0 Å². The fraction of sp³-hybridized carbons (Fsp3) is 0.589. The van der Waals surface area contributed by atoms with Crippen LogP contribution in [0.15, 0.2) is 97.1 Å². The normalized spacial score (nSPS) is 20.6. The number of nitrogens with one attached hydrogen (secondary N) is 8. The van der Waals surface area contributed by atoms with Crippen molar-refractivity contribution in [2.24, 2.45) is 11.8 Å². The predicted molar refractivity (Wildman–Crippen MR) is 440 cm³/mol. The Morgan fingerprint density at radius 3 is 1.32 bits per heavy atom. The number of rotatable bonds is 24. The summed E-state index contributed by atoms with van der Waals surface area (Å²) in [7, 11) is 0. The lowest BCUT2D eigenvalue weighted by Gasteiger charge is -2.41. The van der Waals surface area contributed by atoms with E-state index in [9.17, 15) is 67.4 Å². The van der Waals surface area contributed by atoms with E-state index in [0.29, 0.717) is 74.4 Å². The highest BCUT2D eigenvalue weighted by molar-refractivity contribution is 6.38. The highest BCUT2D eigenvalue weighted by Crippen LogP contribution is 2.36. The Hall–Kier alpha value is -10.3. The molecule has 2 saturated carbocycles. The Morgan fingerprint density at radius 2 is 0.898 bits per heavy atom. The van der Waals surface area contributed by atoms with Gasteiger partial charge in [-0.15, -0.1) is 0 Å². The minimum Gasteiger partial charge on any atom is -0.494 e. The molecule has 28 heteroatoms. The molecule has 10 amide bonds. The van der Waals surface area contributed by atoms with Gasteiger partial charge in [-0.2, -0.15) is 0 Å². The SMILES string of the molecule is CCCC(NC(=O)[C@@H]1Cc2ccc3cc2CN1C(=O)[C@H](C1CCCCC1)NC(=O)CCCCCCO3)C(=O)C(=O)NCC(=O)N[C@H](C(=O)OC(C)(C)C)c1ccccc1.CCCC(NC(=O)[C@@H]1Cc2ccc3cc2CN1C(=O)[C@H](C1CCCCC1)NC(=O)CCCCCCO3)C(O)C(=O)NCC(=O)N[C@H](C(=O)OC(C)(C)C)c1ccccc1. The highest BCUT2D eigenvalue weighted by Gasteiger charge is 2.45. The monoisotopic (exact) mass is 1630 g/mol. The summed E-state index contributed by atoms with van der Waals surface area (Å²) >= 11 is 0. The number of nitrogens with zero attached hydrogens (tertiary/aromatic N) is 2. The van der Waals surface area contributed by atoms with E-state index < -0.39 is 132 Å². The summed E-state index contributed by atoms with van der Waals surface area (Å²) in [5, 5.41) is 33.1. The molecule has 28 nitrogen and oxygen atoms in total. The lowest BCUT2D eigenvalue weighted by molar-refractivity contribution is -0.159. The molecule has 10 rings (SSSR count). The molecule has 2 aliphatic carbocycles. The van der Waals surface area contributed by atoms with Gasteiger partial charge in [0.1, 0.15) is 46.9 Å². The number of amides is 10. The number of hydrogen-bond acceptors (Lipinski definition) is 18. The first kappa shape index (κ1) is 91.6. The number of ether oxygens (including phenoxy) is 4. The maximum Gasteiger partial charge on any atom is 0.333 e. The second-order valence-corrected chi connectivity index (χ2v) is 34.0. The third-order valence-corrected chi connectivity index (χ3v) is 22.3. The second kappa shape index (κ2) is 44.5. The fourth-order valence-corrected chi connectivity index (χ4v) is 16.2. The van der Waals surface area contributed by atoms with E-state index in [1.54, 1.807) is 114 Å². The summed E-state index contributed by atoms with van der Waals surface area (Å²) in [5.74, 6) is -6.70. The van der Waals surface area contributed by atoms with Crippen molar-refractivity contribution in [2.45, 2.75) is 301 Å². The molecule has 4 aliphatic heterocycles. The molecule has 0 saturated heterocycles. The van der Waals surface area contributed by atoms with E-state index in [1.165, 1.54) is 4.90 Å². The Labute approximate surface area is 693 Å². The third kappa shape index (κ3) is 27.4. The van der Waals surface area contributed by atoms with E-state index in [4.69, 9.17) is 18.9 Å². The van der Waals surface area contributed by atoms with Crippen LogP contribution in [0.2, 0.25) is 0 Å². The number of carbonyl (C=O) groups excluding carboxylic acids is 13. The lowest BCUT2D eigenvalue weighted by Crippen LogP contribution is -2.61. The van der Waals surface area contributed by atoms with Gasteiger partial charge in [0.05, 0.1) is 38.4 Å². The van der Waals surface area contributed by atoms with Crippen LogP contribution in [0.1, 0.15) is 255 Å². The van der Waals surface area contributed by atoms with E-state index >= 15 is 0 Å². The molecular formula is C90H124N10O18. The number of hydrogen-bond donors (Lipinski definition) is 9. The molecule has 9 N–H and O–H groups in total. The van der Waals surface area contributed by atoms with Crippen LogP contribution < -0.4 is 52.0 Å². The molecule has 2 fully saturated rings. The molecule has 4 aromatic rings. The zero-order valence-electron chi connectivity index (χ0n) is 70.0. The minimum absolute atomic E-state index is 0.0680. The maximum absolute atomic E-state index is 14.8. The first-order chi connectivity index (χ1) is 56.5. The largest absolute Gasteiger partial charge is 0.494 e. The van der Waals surface area contributed by atoms with Crippen LogP contribution in [-0.2, 0) is 97.7 Å². The highest BCUT2D eigenvalue weighted by atomic mass is 16.6. The number of fused-ring (bicyclic) bond motifs is 4. The van der Waals surface area contributed by atoms with Crippen LogP contribution in [-0.4, -0.2) is 172 Å². The number of aliphatic hydroxyl groups is 1. The maximum atomic E-state index is 14.8. The molecule has 4 heterocycles.